The maximum atomic E-state index is 13.0. The Balaban J connectivity index is 1.67. The first-order valence-electron chi connectivity index (χ1n) is 11.7. The molecule has 1 heterocycles. The first kappa shape index (κ1) is 27.3. The van der Waals surface area contributed by atoms with Crippen LogP contribution in [0.4, 0.5) is 16.3 Å². The monoisotopic (exact) mass is 504 g/mol. The molecule has 2 aromatic carbocycles. The van der Waals surface area contributed by atoms with Gasteiger partial charge in [0, 0.05) is 31.0 Å². The van der Waals surface area contributed by atoms with Crippen LogP contribution in [0.25, 0.3) is 0 Å². The lowest BCUT2D eigenvalue weighted by atomic mass is 9.98. The molecule has 37 heavy (non-hydrogen) atoms. The van der Waals surface area contributed by atoms with Gasteiger partial charge in [-0.15, -0.1) is 0 Å². The molecule has 0 spiro atoms. The fourth-order valence-electron chi connectivity index (χ4n) is 3.23. The van der Waals surface area contributed by atoms with Gasteiger partial charge < -0.3 is 31.0 Å². The van der Waals surface area contributed by atoms with Gasteiger partial charge in [-0.3, -0.25) is 9.59 Å². The first-order valence-corrected chi connectivity index (χ1v) is 11.7. The quantitative estimate of drug-likeness (QED) is 0.296. The number of hydrogen-bond acceptors (Lipinski definition) is 6. The minimum Gasteiger partial charge on any atom is -0.372 e. The zero-order valence-corrected chi connectivity index (χ0v) is 21.2. The Morgan fingerprint density at radius 1 is 1.05 bits per heavy atom. The third kappa shape index (κ3) is 8.71. The van der Waals surface area contributed by atoms with Crippen molar-refractivity contribution in [1.82, 2.24) is 14.9 Å². The van der Waals surface area contributed by atoms with E-state index in [2.05, 4.69) is 20.9 Å². The van der Waals surface area contributed by atoms with Gasteiger partial charge in [-0.1, -0.05) is 42.5 Å². The number of rotatable bonds is 11. The second-order valence-corrected chi connectivity index (χ2v) is 9.02. The maximum absolute atomic E-state index is 13.0. The molecule has 5 N–H and O–H groups in total. The van der Waals surface area contributed by atoms with Crippen LogP contribution in [0.1, 0.15) is 25.0 Å². The van der Waals surface area contributed by atoms with Crippen LogP contribution < -0.4 is 21.7 Å². The Labute approximate surface area is 215 Å². The lowest BCUT2D eigenvalue weighted by Gasteiger charge is -2.15. The minimum atomic E-state index is -1.13. The van der Waals surface area contributed by atoms with Crippen molar-refractivity contribution in [3.63, 3.8) is 0 Å². The highest BCUT2D eigenvalue weighted by atomic mass is 16.5. The van der Waals surface area contributed by atoms with E-state index >= 15 is 0 Å². The molecule has 3 aromatic rings. The molecule has 0 aliphatic carbocycles. The van der Waals surface area contributed by atoms with Gasteiger partial charge in [0.15, 0.2) is 11.6 Å². The Hall–Kier alpha value is -4.28. The van der Waals surface area contributed by atoms with Crippen molar-refractivity contribution in [1.29, 1.82) is 0 Å². The second-order valence-electron chi connectivity index (χ2n) is 9.02. The molecule has 0 bridgehead atoms. The van der Waals surface area contributed by atoms with Gasteiger partial charge in [0.25, 0.3) is 5.91 Å². The summed E-state index contributed by atoms with van der Waals surface area (Å²) < 4.78 is 7.49. The van der Waals surface area contributed by atoms with Gasteiger partial charge in [0.05, 0.1) is 25.1 Å². The number of urea groups is 1. The number of hydrogen-bond donors (Lipinski definition) is 4. The SMILES string of the molecule is CNC(=O)Nc1cccc(Cn2cnc(NC(=O)/C(=C\C(=O)C(C)(C)N)COCc3ccccc3)c2)c1. The third-order valence-corrected chi connectivity index (χ3v) is 5.25. The number of carbonyl (C=O) groups excluding carboxylic acids is 3. The minimum absolute atomic E-state index is 0.0750. The number of nitrogens with zero attached hydrogens (tertiary/aromatic N) is 2. The lowest BCUT2D eigenvalue weighted by Crippen LogP contribution is -2.41. The number of imidazole rings is 1. The van der Waals surface area contributed by atoms with E-state index in [9.17, 15) is 14.4 Å². The van der Waals surface area contributed by atoms with Crippen molar-refractivity contribution in [2.24, 2.45) is 5.73 Å². The van der Waals surface area contributed by atoms with Crippen LogP contribution in [0, 0.1) is 0 Å². The van der Waals surface area contributed by atoms with Crippen LogP contribution in [-0.2, 0) is 27.5 Å². The van der Waals surface area contributed by atoms with Crippen molar-refractivity contribution in [3.8, 4) is 0 Å². The standard InChI is InChI=1S/C27H32N6O4/c1-27(2,28)23(34)13-21(17-37-16-19-8-5-4-6-9-19)25(35)32-24-15-33(18-30-24)14-20-10-7-11-22(12-20)31-26(36)29-3/h4-13,15,18H,14,16-17,28H2,1-3H3,(H,32,35)(H2,29,31,36)/b21-13-. The van der Waals surface area contributed by atoms with E-state index in [1.54, 1.807) is 44.1 Å². The number of ether oxygens (including phenoxy) is 1. The number of amides is 3. The summed E-state index contributed by atoms with van der Waals surface area (Å²) >= 11 is 0. The summed E-state index contributed by atoms with van der Waals surface area (Å²) in [5, 5.41) is 7.96. The maximum Gasteiger partial charge on any atom is 0.318 e. The van der Waals surface area contributed by atoms with Crippen LogP contribution >= 0.6 is 0 Å². The Morgan fingerprint density at radius 3 is 2.49 bits per heavy atom. The summed E-state index contributed by atoms with van der Waals surface area (Å²) in [6, 6.07) is 16.6. The molecule has 1 aromatic heterocycles. The predicted molar refractivity (Wildman–Crippen MR) is 142 cm³/mol. The summed E-state index contributed by atoms with van der Waals surface area (Å²) in [5.41, 5.74) is 7.45. The van der Waals surface area contributed by atoms with Gasteiger partial charge in [-0.25, -0.2) is 9.78 Å². The van der Waals surface area contributed by atoms with E-state index in [4.69, 9.17) is 10.5 Å². The van der Waals surface area contributed by atoms with Crippen molar-refractivity contribution in [2.75, 3.05) is 24.3 Å². The molecular formula is C27H32N6O4. The van der Waals surface area contributed by atoms with Crippen molar-refractivity contribution >= 4 is 29.2 Å². The van der Waals surface area contributed by atoms with Crippen LogP contribution in [-0.4, -0.2) is 46.5 Å². The smallest absolute Gasteiger partial charge is 0.318 e. The summed E-state index contributed by atoms with van der Waals surface area (Å²) in [5.74, 6) is -0.581. The van der Waals surface area contributed by atoms with Gasteiger partial charge in [0.2, 0.25) is 0 Å². The number of benzene rings is 2. The average molecular weight is 505 g/mol. The highest BCUT2D eigenvalue weighted by Gasteiger charge is 2.22. The molecule has 0 aliphatic rings. The fraction of sp³-hybridized carbons (Fsp3) is 0.259. The molecule has 0 saturated carbocycles. The topological polar surface area (TPSA) is 140 Å². The molecule has 0 aliphatic heterocycles. The molecule has 0 radical (unpaired) electrons. The van der Waals surface area contributed by atoms with Crippen molar-refractivity contribution in [3.05, 3.63) is 89.9 Å². The molecule has 0 fully saturated rings. The Morgan fingerprint density at radius 2 is 1.78 bits per heavy atom. The first-order chi connectivity index (χ1) is 17.6. The molecule has 10 nitrogen and oxygen atoms in total. The van der Waals surface area contributed by atoms with E-state index in [1.165, 1.54) is 6.08 Å². The van der Waals surface area contributed by atoms with E-state index in [0.29, 0.717) is 18.1 Å². The average Bonchev–Trinajstić information content (AvgIpc) is 3.29. The summed E-state index contributed by atoms with van der Waals surface area (Å²) in [7, 11) is 1.54. The highest BCUT2D eigenvalue weighted by Crippen LogP contribution is 2.14. The summed E-state index contributed by atoms with van der Waals surface area (Å²) in [6.07, 6.45) is 4.48. The zero-order chi connectivity index (χ0) is 26.8. The highest BCUT2D eigenvalue weighted by molar-refractivity contribution is 6.09. The van der Waals surface area contributed by atoms with E-state index in [0.717, 1.165) is 11.1 Å². The molecule has 194 valence electrons. The van der Waals surface area contributed by atoms with Gasteiger partial charge in [-0.2, -0.15) is 0 Å². The molecule has 0 unspecified atom stereocenters. The van der Waals surface area contributed by atoms with Crippen LogP contribution in [0.15, 0.2) is 78.8 Å². The molecule has 0 saturated heterocycles. The molecule has 3 amide bonds. The van der Waals surface area contributed by atoms with Crippen molar-refractivity contribution in [2.45, 2.75) is 32.5 Å². The largest absolute Gasteiger partial charge is 0.372 e. The second kappa shape index (κ2) is 12.6. The Bertz CT molecular complexity index is 1260. The van der Waals surface area contributed by atoms with Gasteiger partial charge in [-0.05, 0) is 43.2 Å². The zero-order valence-electron chi connectivity index (χ0n) is 21.2. The molecule has 0 atom stereocenters. The van der Waals surface area contributed by atoms with Gasteiger partial charge >= 0.3 is 6.03 Å². The number of aromatic nitrogens is 2. The van der Waals surface area contributed by atoms with Crippen molar-refractivity contribution < 1.29 is 19.1 Å². The van der Waals surface area contributed by atoms with Crippen LogP contribution in [0.3, 0.4) is 0 Å². The van der Waals surface area contributed by atoms with E-state index in [1.807, 2.05) is 48.5 Å². The van der Waals surface area contributed by atoms with Crippen LogP contribution in [0.5, 0.6) is 0 Å². The third-order valence-electron chi connectivity index (χ3n) is 5.25. The van der Waals surface area contributed by atoms with Gasteiger partial charge in [0.1, 0.15) is 0 Å². The summed E-state index contributed by atoms with van der Waals surface area (Å²) in [4.78, 5) is 41.3. The molecule has 3 rings (SSSR count). The Kier molecular flexibility index (Phi) is 9.31. The number of carbonyl (C=O) groups is 3. The lowest BCUT2D eigenvalue weighted by molar-refractivity contribution is -0.119. The molecule has 10 heteroatoms. The summed E-state index contributed by atoms with van der Waals surface area (Å²) in [6.45, 7) is 3.83. The molecular weight excluding hydrogens is 472 g/mol. The number of nitrogens with two attached hydrogens (primary N) is 1. The number of ketones is 1. The predicted octanol–water partition coefficient (Wildman–Crippen LogP) is 3.07. The fourth-order valence-corrected chi connectivity index (χ4v) is 3.23. The number of anilines is 2. The normalized spacial score (nSPS) is 11.6. The van der Waals surface area contributed by atoms with E-state index in [-0.39, 0.29) is 24.8 Å². The van der Waals surface area contributed by atoms with Crippen LogP contribution in [0.2, 0.25) is 0 Å². The number of nitrogens with one attached hydrogen (secondary N) is 3. The van der Waals surface area contributed by atoms with E-state index < -0.39 is 17.2 Å².